The van der Waals surface area contributed by atoms with Gasteiger partial charge in [0.2, 0.25) is 0 Å². The molecule has 0 bridgehead atoms. The summed E-state index contributed by atoms with van der Waals surface area (Å²) < 4.78 is 12.1. The summed E-state index contributed by atoms with van der Waals surface area (Å²) in [4.78, 5) is 0. The van der Waals surface area contributed by atoms with Crippen molar-refractivity contribution < 1.29 is 9.47 Å². The first-order valence-electron chi connectivity index (χ1n) is 6.52. The predicted octanol–water partition coefficient (Wildman–Crippen LogP) is 4.41. The standard InChI is InChI=1S/C16H17BrClNO2/c1-19-9-11-3-5-16(14(18)7-11)21-10-12-8-13(17)4-6-15(12)20-2/h3-8,19H,9-10H2,1-2H3. The van der Waals surface area contributed by atoms with Gasteiger partial charge in [-0.05, 0) is 42.9 Å². The van der Waals surface area contributed by atoms with E-state index < -0.39 is 0 Å². The molecule has 2 aromatic rings. The quantitative estimate of drug-likeness (QED) is 0.817. The van der Waals surface area contributed by atoms with Crippen molar-refractivity contribution in [2.45, 2.75) is 13.2 Å². The Labute approximate surface area is 138 Å². The van der Waals surface area contributed by atoms with E-state index in [4.69, 9.17) is 21.1 Å². The Hall–Kier alpha value is -1.23. The smallest absolute Gasteiger partial charge is 0.138 e. The highest BCUT2D eigenvalue weighted by molar-refractivity contribution is 9.10. The second-order valence-electron chi connectivity index (χ2n) is 4.54. The molecule has 0 aliphatic heterocycles. The van der Waals surface area contributed by atoms with Crippen molar-refractivity contribution in [2.75, 3.05) is 14.2 Å². The van der Waals surface area contributed by atoms with Crippen LogP contribution < -0.4 is 14.8 Å². The van der Waals surface area contributed by atoms with E-state index in [2.05, 4.69) is 21.2 Å². The van der Waals surface area contributed by atoms with E-state index in [-0.39, 0.29) is 0 Å². The molecule has 0 saturated heterocycles. The van der Waals surface area contributed by atoms with Crippen LogP contribution in [0.15, 0.2) is 40.9 Å². The molecule has 0 amide bonds. The molecule has 0 spiro atoms. The van der Waals surface area contributed by atoms with Gasteiger partial charge in [0.15, 0.2) is 0 Å². The van der Waals surface area contributed by atoms with Crippen LogP contribution in [0.5, 0.6) is 11.5 Å². The fourth-order valence-corrected chi connectivity index (χ4v) is 2.66. The first-order valence-corrected chi connectivity index (χ1v) is 7.69. The highest BCUT2D eigenvalue weighted by atomic mass is 79.9. The molecule has 0 fully saturated rings. The van der Waals surface area contributed by atoms with Crippen molar-refractivity contribution in [3.63, 3.8) is 0 Å². The lowest BCUT2D eigenvalue weighted by atomic mass is 10.2. The number of hydrogen-bond donors (Lipinski definition) is 1. The summed E-state index contributed by atoms with van der Waals surface area (Å²) >= 11 is 9.69. The average molecular weight is 371 g/mol. The Morgan fingerprint density at radius 2 is 1.90 bits per heavy atom. The van der Waals surface area contributed by atoms with Gasteiger partial charge in [0, 0.05) is 16.6 Å². The van der Waals surface area contributed by atoms with E-state index in [0.29, 0.717) is 17.4 Å². The maximum absolute atomic E-state index is 6.24. The minimum atomic E-state index is 0.397. The third-order valence-electron chi connectivity index (χ3n) is 3.00. The average Bonchev–Trinajstić information content (AvgIpc) is 2.47. The molecule has 112 valence electrons. The Morgan fingerprint density at radius 3 is 2.57 bits per heavy atom. The normalized spacial score (nSPS) is 10.5. The van der Waals surface area contributed by atoms with Crippen LogP contribution in [-0.4, -0.2) is 14.2 Å². The van der Waals surface area contributed by atoms with E-state index in [1.165, 1.54) is 0 Å². The highest BCUT2D eigenvalue weighted by Gasteiger charge is 2.07. The third-order valence-corrected chi connectivity index (χ3v) is 3.79. The maximum Gasteiger partial charge on any atom is 0.138 e. The second-order valence-corrected chi connectivity index (χ2v) is 5.86. The molecule has 0 heterocycles. The molecule has 0 saturated carbocycles. The summed E-state index contributed by atoms with van der Waals surface area (Å²) in [6, 6.07) is 11.6. The molecule has 5 heteroatoms. The molecule has 0 aliphatic rings. The SMILES string of the molecule is CNCc1ccc(OCc2cc(Br)ccc2OC)c(Cl)c1. The molecule has 2 rings (SSSR count). The lowest BCUT2D eigenvalue weighted by Crippen LogP contribution is -2.05. The fraction of sp³-hybridized carbons (Fsp3) is 0.250. The number of halogens is 2. The first-order chi connectivity index (χ1) is 10.1. The monoisotopic (exact) mass is 369 g/mol. The molecule has 21 heavy (non-hydrogen) atoms. The Morgan fingerprint density at radius 1 is 1.14 bits per heavy atom. The lowest BCUT2D eigenvalue weighted by Gasteiger charge is -2.12. The number of hydrogen-bond acceptors (Lipinski definition) is 3. The van der Waals surface area contributed by atoms with Gasteiger partial charge in [-0.1, -0.05) is 33.6 Å². The van der Waals surface area contributed by atoms with Crippen LogP contribution >= 0.6 is 27.5 Å². The van der Waals surface area contributed by atoms with Crippen molar-refractivity contribution >= 4 is 27.5 Å². The van der Waals surface area contributed by atoms with Gasteiger partial charge < -0.3 is 14.8 Å². The molecule has 0 aliphatic carbocycles. The van der Waals surface area contributed by atoms with Crippen LogP contribution in [0, 0.1) is 0 Å². The molecule has 0 aromatic heterocycles. The zero-order valence-electron chi connectivity index (χ0n) is 12.0. The van der Waals surface area contributed by atoms with E-state index in [9.17, 15) is 0 Å². The summed E-state index contributed by atoms with van der Waals surface area (Å²) in [7, 11) is 3.55. The summed E-state index contributed by atoms with van der Waals surface area (Å²) in [6.45, 7) is 1.17. The lowest BCUT2D eigenvalue weighted by molar-refractivity contribution is 0.296. The minimum Gasteiger partial charge on any atom is -0.496 e. The zero-order valence-corrected chi connectivity index (χ0v) is 14.3. The fourth-order valence-electron chi connectivity index (χ4n) is 1.99. The van der Waals surface area contributed by atoms with Crippen LogP contribution in [0.1, 0.15) is 11.1 Å². The van der Waals surface area contributed by atoms with Crippen LogP contribution in [0.25, 0.3) is 0 Å². The summed E-state index contributed by atoms with van der Waals surface area (Å²) in [6.07, 6.45) is 0. The van der Waals surface area contributed by atoms with E-state index in [0.717, 1.165) is 27.9 Å². The van der Waals surface area contributed by atoms with Crippen LogP contribution in [0.4, 0.5) is 0 Å². The van der Waals surface area contributed by atoms with Gasteiger partial charge in [-0.2, -0.15) is 0 Å². The van der Waals surface area contributed by atoms with Crippen LogP contribution in [0.3, 0.4) is 0 Å². The number of nitrogens with one attached hydrogen (secondary N) is 1. The van der Waals surface area contributed by atoms with Crippen molar-refractivity contribution in [1.29, 1.82) is 0 Å². The van der Waals surface area contributed by atoms with Crippen molar-refractivity contribution in [2.24, 2.45) is 0 Å². The molecule has 0 unspecified atom stereocenters. The van der Waals surface area contributed by atoms with Gasteiger partial charge in [0.1, 0.15) is 18.1 Å². The summed E-state index contributed by atoms with van der Waals surface area (Å²) in [5, 5.41) is 3.70. The predicted molar refractivity (Wildman–Crippen MR) is 89.2 cm³/mol. The Balaban J connectivity index is 2.11. The minimum absolute atomic E-state index is 0.397. The molecule has 2 aromatic carbocycles. The third kappa shape index (κ3) is 4.37. The number of rotatable bonds is 6. The molecular weight excluding hydrogens is 354 g/mol. The van der Waals surface area contributed by atoms with Crippen molar-refractivity contribution in [3.05, 3.63) is 57.0 Å². The van der Waals surface area contributed by atoms with Gasteiger partial charge >= 0.3 is 0 Å². The second kappa shape index (κ2) is 7.69. The maximum atomic E-state index is 6.24. The molecule has 3 nitrogen and oxygen atoms in total. The van der Waals surface area contributed by atoms with Gasteiger partial charge in [0.05, 0.1) is 12.1 Å². The highest BCUT2D eigenvalue weighted by Crippen LogP contribution is 2.29. The molecule has 0 radical (unpaired) electrons. The largest absolute Gasteiger partial charge is 0.496 e. The molecule has 0 atom stereocenters. The zero-order chi connectivity index (χ0) is 15.2. The Kier molecular flexibility index (Phi) is 5.91. The first kappa shape index (κ1) is 16.1. The van der Waals surface area contributed by atoms with Gasteiger partial charge in [0.25, 0.3) is 0 Å². The van der Waals surface area contributed by atoms with Gasteiger partial charge in [-0.3, -0.25) is 0 Å². The Bertz CT molecular complexity index is 619. The summed E-state index contributed by atoms with van der Waals surface area (Å²) in [5.41, 5.74) is 2.08. The summed E-state index contributed by atoms with van der Waals surface area (Å²) in [5.74, 6) is 1.46. The van der Waals surface area contributed by atoms with Crippen molar-refractivity contribution in [1.82, 2.24) is 5.32 Å². The van der Waals surface area contributed by atoms with Crippen LogP contribution in [-0.2, 0) is 13.2 Å². The van der Waals surface area contributed by atoms with Crippen LogP contribution in [0.2, 0.25) is 5.02 Å². The molecule has 1 N–H and O–H groups in total. The topological polar surface area (TPSA) is 30.5 Å². The number of ether oxygens (including phenoxy) is 2. The van der Waals surface area contributed by atoms with E-state index >= 15 is 0 Å². The van der Waals surface area contributed by atoms with Gasteiger partial charge in [-0.15, -0.1) is 0 Å². The number of methoxy groups -OCH3 is 1. The van der Waals surface area contributed by atoms with E-state index in [1.54, 1.807) is 7.11 Å². The van der Waals surface area contributed by atoms with E-state index in [1.807, 2.05) is 43.4 Å². The molecular formula is C16H17BrClNO2. The van der Waals surface area contributed by atoms with Crippen molar-refractivity contribution in [3.8, 4) is 11.5 Å². The number of benzene rings is 2. The van der Waals surface area contributed by atoms with Gasteiger partial charge in [-0.25, -0.2) is 0 Å².